The van der Waals surface area contributed by atoms with Crippen LogP contribution in [0.3, 0.4) is 0 Å². The highest BCUT2D eigenvalue weighted by molar-refractivity contribution is 5.77. The first-order chi connectivity index (χ1) is 15.6. The monoisotopic (exact) mass is 463 g/mol. The lowest BCUT2D eigenvalue weighted by Crippen LogP contribution is -2.52. The van der Waals surface area contributed by atoms with Gasteiger partial charge in [-0.2, -0.15) is 0 Å². The van der Waals surface area contributed by atoms with Crippen molar-refractivity contribution in [3.63, 3.8) is 0 Å². The van der Waals surface area contributed by atoms with E-state index in [0.717, 1.165) is 31.2 Å². The molecule has 1 spiro atoms. The van der Waals surface area contributed by atoms with Gasteiger partial charge >= 0.3 is 0 Å². The number of aliphatic hydroxyl groups excluding tert-OH is 1. The minimum atomic E-state index is -1.16. The van der Waals surface area contributed by atoms with E-state index in [1.807, 2.05) is 26.8 Å². The van der Waals surface area contributed by atoms with Gasteiger partial charge in [0.05, 0.1) is 12.1 Å². The third-order valence-electron chi connectivity index (χ3n) is 6.56. The first-order valence-corrected chi connectivity index (χ1v) is 11.7. The van der Waals surface area contributed by atoms with Crippen molar-refractivity contribution >= 4 is 5.91 Å². The summed E-state index contributed by atoms with van der Waals surface area (Å²) in [5.41, 5.74) is 0.542. The maximum Gasteiger partial charge on any atom is 0.246 e. The second kappa shape index (κ2) is 10.5. The van der Waals surface area contributed by atoms with Crippen LogP contribution in [0.4, 0.5) is 4.39 Å². The summed E-state index contributed by atoms with van der Waals surface area (Å²) in [7, 11) is 1.45. The fraction of sp³-hybridized carbons (Fsp3) is 0.680. The van der Waals surface area contributed by atoms with Crippen LogP contribution in [0.5, 0.6) is 5.88 Å². The Morgan fingerprint density at radius 2 is 2.21 bits per heavy atom. The molecule has 8 heteroatoms. The van der Waals surface area contributed by atoms with Gasteiger partial charge in [0.25, 0.3) is 0 Å². The van der Waals surface area contributed by atoms with Crippen molar-refractivity contribution in [1.29, 1.82) is 0 Å². The molecule has 1 aliphatic heterocycles. The molecule has 7 nitrogen and oxygen atoms in total. The molecule has 4 atom stereocenters. The van der Waals surface area contributed by atoms with Crippen molar-refractivity contribution in [2.45, 2.75) is 82.8 Å². The van der Waals surface area contributed by atoms with Crippen molar-refractivity contribution < 1.29 is 23.8 Å². The van der Waals surface area contributed by atoms with Gasteiger partial charge in [-0.3, -0.25) is 4.79 Å². The number of hydrogen-bond acceptors (Lipinski definition) is 6. The topological polar surface area (TPSA) is 92.7 Å². The Hall–Kier alpha value is -2.03. The standard InChI is InChI=1S/C25H38FN3O4/c1-6-8-18(29-21(31)15-32-5)20(30)14-27-19-12-25(9-7-10-25)33-23-17(19)11-16(13-28-23)22(26)24(2,3)4/h6,11,13,18-20,22,27,30H,1,7-10,12,14-15H2,2-5H3,(H,29,31)/t18-,19-,20+,22?/m0/s1. The van der Waals surface area contributed by atoms with E-state index < -0.39 is 23.7 Å². The molecule has 1 saturated carbocycles. The third kappa shape index (κ3) is 6.11. The number of nitrogens with zero attached hydrogens (tertiary/aromatic N) is 1. The molecule has 0 saturated heterocycles. The van der Waals surface area contributed by atoms with Crippen molar-refractivity contribution in [3.8, 4) is 5.88 Å². The highest BCUT2D eigenvalue weighted by Crippen LogP contribution is 2.49. The summed E-state index contributed by atoms with van der Waals surface area (Å²) < 4.78 is 26.2. The average molecular weight is 464 g/mol. The molecule has 1 aromatic heterocycles. The summed E-state index contributed by atoms with van der Waals surface area (Å²) in [5, 5.41) is 17.0. The van der Waals surface area contributed by atoms with Gasteiger partial charge in [0.1, 0.15) is 18.4 Å². The highest BCUT2D eigenvalue weighted by Gasteiger charge is 2.46. The molecule has 2 aliphatic rings. The fourth-order valence-electron chi connectivity index (χ4n) is 4.52. The molecule has 184 valence electrons. The lowest BCUT2D eigenvalue weighted by atomic mass is 9.73. The van der Waals surface area contributed by atoms with Gasteiger partial charge in [-0.15, -0.1) is 6.58 Å². The normalized spacial score (nSPS) is 21.8. The predicted molar refractivity (Wildman–Crippen MR) is 125 cm³/mol. The number of fused-ring (bicyclic) bond motifs is 1. The van der Waals surface area contributed by atoms with Crippen LogP contribution < -0.4 is 15.4 Å². The lowest BCUT2D eigenvalue weighted by Gasteiger charge is -2.47. The number of nitrogens with one attached hydrogen (secondary N) is 2. The molecule has 1 amide bonds. The van der Waals surface area contributed by atoms with E-state index in [9.17, 15) is 9.90 Å². The summed E-state index contributed by atoms with van der Waals surface area (Å²) in [6.07, 6.45) is 5.40. The summed E-state index contributed by atoms with van der Waals surface area (Å²) in [5.74, 6) is 0.243. The van der Waals surface area contributed by atoms with E-state index in [1.54, 1.807) is 12.3 Å². The van der Waals surface area contributed by atoms with Gasteiger partial charge in [0, 0.05) is 43.4 Å². The quantitative estimate of drug-likeness (QED) is 0.460. The van der Waals surface area contributed by atoms with E-state index in [2.05, 4.69) is 22.2 Å². The van der Waals surface area contributed by atoms with Gasteiger partial charge in [-0.1, -0.05) is 26.8 Å². The highest BCUT2D eigenvalue weighted by atomic mass is 19.1. The number of halogens is 1. The number of aliphatic hydroxyl groups is 1. The number of ether oxygens (including phenoxy) is 2. The van der Waals surface area contributed by atoms with Crippen molar-refractivity contribution in [2.24, 2.45) is 5.41 Å². The van der Waals surface area contributed by atoms with Crippen LogP contribution in [0.25, 0.3) is 0 Å². The summed E-state index contributed by atoms with van der Waals surface area (Å²) >= 11 is 0. The Labute approximate surface area is 196 Å². The third-order valence-corrected chi connectivity index (χ3v) is 6.56. The molecule has 1 aliphatic carbocycles. The van der Waals surface area contributed by atoms with Crippen molar-refractivity contribution in [2.75, 3.05) is 20.3 Å². The molecule has 0 bridgehead atoms. The zero-order chi connectivity index (χ0) is 24.2. The molecule has 2 heterocycles. The predicted octanol–water partition coefficient (Wildman–Crippen LogP) is 3.54. The number of carbonyl (C=O) groups excluding carboxylic acids is 1. The lowest BCUT2D eigenvalue weighted by molar-refractivity contribution is -0.126. The number of carbonyl (C=O) groups is 1. The number of methoxy groups -OCH3 is 1. The van der Waals surface area contributed by atoms with Crippen molar-refractivity contribution in [3.05, 3.63) is 36.0 Å². The average Bonchev–Trinajstić information content (AvgIpc) is 2.74. The second-order valence-corrected chi connectivity index (χ2v) is 10.4. The zero-order valence-electron chi connectivity index (χ0n) is 20.2. The Morgan fingerprint density at radius 1 is 1.48 bits per heavy atom. The Morgan fingerprint density at radius 3 is 2.79 bits per heavy atom. The van der Waals surface area contributed by atoms with Crippen molar-refractivity contribution in [1.82, 2.24) is 15.6 Å². The van der Waals surface area contributed by atoms with Crippen LogP contribution in [-0.2, 0) is 9.53 Å². The molecule has 1 aromatic rings. The molecular weight excluding hydrogens is 425 g/mol. The van der Waals surface area contributed by atoms with Crippen LogP contribution in [0.2, 0.25) is 0 Å². The molecule has 0 radical (unpaired) electrons. The number of pyridine rings is 1. The molecule has 0 aromatic carbocycles. The number of rotatable bonds is 10. The minimum absolute atomic E-state index is 0.0731. The SMILES string of the molecule is C=CC[C@H](NC(=O)COC)[C@H](O)CN[C@H]1CC2(CCC2)Oc2ncc(C(F)C(C)(C)C)cc21. The molecular formula is C25H38FN3O4. The van der Waals surface area contributed by atoms with E-state index in [1.165, 1.54) is 7.11 Å². The van der Waals surface area contributed by atoms with Gasteiger partial charge < -0.3 is 25.2 Å². The summed E-state index contributed by atoms with van der Waals surface area (Å²) in [6.45, 7) is 9.48. The van der Waals surface area contributed by atoms with E-state index >= 15 is 4.39 Å². The van der Waals surface area contributed by atoms with Crippen LogP contribution in [0, 0.1) is 5.41 Å². The van der Waals surface area contributed by atoms with Gasteiger partial charge in [-0.25, -0.2) is 9.37 Å². The van der Waals surface area contributed by atoms with E-state index in [-0.39, 0.29) is 30.7 Å². The van der Waals surface area contributed by atoms with Crippen LogP contribution >= 0.6 is 0 Å². The molecule has 3 rings (SSSR count). The number of hydrogen-bond donors (Lipinski definition) is 3. The molecule has 1 unspecified atom stereocenters. The zero-order valence-corrected chi connectivity index (χ0v) is 20.2. The van der Waals surface area contributed by atoms with E-state index in [0.29, 0.717) is 17.9 Å². The summed E-state index contributed by atoms with van der Waals surface area (Å²) in [4.78, 5) is 16.4. The second-order valence-electron chi connectivity index (χ2n) is 10.4. The first-order valence-electron chi connectivity index (χ1n) is 11.7. The maximum absolute atomic E-state index is 15.1. The maximum atomic E-state index is 15.1. The van der Waals surface area contributed by atoms with Gasteiger partial charge in [-0.05, 0) is 37.2 Å². The Kier molecular flexibility index (Phi) is 8.13. The largest absolute Gasteiger partial charge is 0.471 e. The van der Waals surface area contributed by atoms with Gasteiger partial charge in [0.2, 0.25) is 11.8 Å². The molecule has 33 heavy (non-hydrogen) atoms. The van der Waals surface area contributed by atoms with Gasteiger partial charge in [0.15, 0.2) is 0 Å². The van der Waals surface area contributed by atoms with Crippen LogP contribution in [-0.4, -0.2) is 54.0 Å². The molecule has 1 fully saturated rings. The van der Waals surface area contributed by atoms with E-state index in [4.69, 9.17) is 9.47 Å². The minimum Gasteiger partial charge on any atom is -0.471 e. The molecule has 3 N–H and O–H groups in total. The number of aromatic nitrogens is 1. The Balaban J connectivity index is 1.77. The number of amides is 1. The Bertz CT molecular complexity index is 837. The fourth-order valence-corrected chi connectivity index (χ4v) is 4.52. The smallest absolute Gasteiger partial charge is 0.246 e. The van der Waals surface area contributed by atoms with Crippen LogP contribution in [0.15, 0.2) is 24.9 Å². The summed E-state index contributed by atoms with van der Waals surface area (Å²) in [6, 6.07) is 1.22. The van der Waals surface area contributed by atoms with Crippen LogP contribution in [0.1, 0.15) is 76.2 Å². The first kappa shape index (κ1) is 25.6. The number of alkyl halides is 1.